The first kappa shape index (κ1) is 19.0. The Hall–Kier alpha value is -2.31. The molecule has 2 aromatic rings. The minimum atomic E-state index is -0.756. The van der Waals surface area contributed by atoms with Gasteiger partial charge in [0.25, 0.3) is 0 Å². The van der Waals surface area contributed by atoms with Gasteiger partial charge in [-0.3, -0.25) is 14.7 Å². The fourth-order valence-corrected chi connectivity index (χ4v) is 3.87. The number of halogens is 1. The number of carboxylic acid groups (broad SMARTS) is 1. The van der Waals surface area contributed by atoms with Crippen LogP contribution >= 0.6 is 0 Å². The van der Waals surface area contributed by atoms with Gasteiger partial charge in [0, 0.05) is 43.1 Å². The number of aromatic nitrogens is 1. The minimum Gasteiger partial charge on any atom is -0.480 e. The molecule has 1 heterocycles. The van der Waals surface area contributed by atoms with E-state index in [9.17, 15) is 9.18 Å². The fraction of sp³-hybridized carbons (Fsp3) is 0.455. The summed E-state index contributed by atoms with van der Waals surface area (Å²) in [5.41, 5.74) is 2.45. The molecule has 2 aliphatic rings. The lowest BCUT2D eigenvalue weighted by atomic mass is 9.85. The lowest BCUT2D eigenvalue weighted by Crippen LogP contribution is -2.54. The SMILES string of the molecule is O=C(O)CN(CC1CC1)C1CC(NCc2ccc(-c3ccncc3)cc2F)C1. The number of aliphatic carboxylic acids is 1. The second-order valence-corrected chi connectivity index (χ2v) is 8.01. The smallest absolute Gasteiger partial charge is 0.317 e. The normalized spacial score (nSPS) is 21.5. The maximum atomic E-state index is 14.5. The standard InChI is InChI=1S/C22H26FN3O2/c23-21-9-17(16-5-7-24-8-6-16)3-4-18(21)12-25-19-10-20(11-19)26(14-22(27)28)13-15-1-2-15/h3-9,15,19-20,25H,1-2,10-14H2,(H,27,28). The predicted molar refractivity (Wildman–Crippen MR) is 105 cm³/mol. The van der Waals surface area contributed by atoms with Crippen LogP contribution in [0.25, 0.3) is 11.1 Å². The van der Waals surface area contributed by atoms with Gasteiger partial charge >= 0.3 is 5.97 Å². The van der Waals surface area contributed by atoms with Crippen molar-refractivity contribution in [1.29, 1.82) is 0 Å². The zero-order valence-electron chi connectivity index (χ0n) is 15.9. The molecule has 0 saturated heterocycles. The van der Waals surface area contributed by atoms with Gasteiger partial charge in [-0.1, -0.05) is 12.1 Å². The van der Waals surface area contributed by atoms with Crippen LogP contribution in [-0.2, 0) is 11.3 Å². The predicted octanol–water partition coefficient (Wildman–Crippen LogP) is 3.30. The fourth-order valence-electron chi connectivity index (χ4n) is 3.87. The largest absolute Gasteiger partial charge is 0.480 e. The summed E-state index contributed by atoms with van der Waals surface area (Å²) in [6.07, 6.45) is 7.70. The molecular formula is C22H26FN3O2. The van der Waals surface area contributed by atoms with E-state index in [1.165, 1.54) is 12.8 Å². The second-order valence-electron chi connectivity index (χ2n) is 8.01. The van der Waals surface area contributed by atoms with Crippen LogP contribution in [0, 0.1) is 11.7 Å². The Morgan fingerprint density at radius 3 is 2.57 bits per heavy atom. The van der Waals surface area contributed by atoms with Crippen molar-refractivity contribution >= 4 is 5.97 Å². The molecule has 28 heavy (non-hydrogen) atoms. The molecule has 0 aliphatic heterocycles. The van der Waals surface area contributed by atoms with Crippen molar-refractivity contribution in [3.05, 3.63) is 54.1 Å². The Bertz CT molecular complexity index is 820. The number of hydrogen-bond acceptors (Lipinski definition) is 4. The zero-order chi connectivity index (χ0) is 19.5. The third-order valence-corrected chi connectivity index (χ3v) is 5.81. The van der Waals surface area contributed by atoms with E-state index < -0.39 is 5.97 Å². The van der Waals surface area contributed by atoms with E-state index in [4.69, 9.17) is 5.11 Å². The molecule has 2 N–H and O–H groups in total. The molecule has 1 aromatic carbocycles. The summed E-state index contributed by atoms with van der Waals surface area (Å²) in [4.78, 5) is 17.2. The highest BCUT2D eigenvalue weighted by Gasteiger charge is 2.36. The van der Waals surface area contributed by atoms with Crippen LogP contribution in [0.2, 0.25) is 0 Å². The van der Waals surface area contributed by atoms with Gasteiger partial charge < -0.3 is 10.4 Å². The maximum absolute atomic E-state index is 14.5. The van der Waals surface area contributed by atoms with Gasteiger partial charge in [-0.2, -0.15) is 0 Å². The number of carboxylic acids is 1. The van der Waals surface area contributed by atoms with Gasteiger partial charge in [0.05, 0.1) is 6.54 Å². The van der Waals surface area contributed by atoms with Gasteiger partial charge in [0.1, 0.15) is 5.82 Å². The van der Waals surface area contributed by atoms with Crippen molar-refractivity contribution < 1.29 is 14.3 Å². The van der Waals surface area contributed by atoms with Crippen LogP contribution in [-0.4, -0.2) is 46.1 Å². The molecule has 0 spiro atoms. The summed E-state index contributed by atoms with van der Waals surface area (Å²) in [6, 6.07) is 9.71. The van der Waals surface area contributed by atoms with E-state index in [-0.39, 0.29) is 12.4 Å². The summed E-state index contributed by atoms with van der Waals surface area (Å²) >= 11 is 0. The van der Waals surface area contributed by atoms with Gasteiger partial charge in [-0.25, -0.2) is 4.39 Å². The number of nitrogens with zero attached hydrogens (tertiary/aromatic N) is 2. The van der Waals surface area contributed by atoms with Crippen molar-refractivity contribution in [2.75, 3.05) is 13.1 Å². The third kappa shape index (κ3) is 4.75. The van der Waals surface area contributed by atoms with Gasteiger partial charge in [0.2, 0.25) is 0 Å². The van der Waals surface area contributed by atoms with Crippen LogP contribution in [0.15, 0.2) is 42.7 Å². The van der Waals surface area contributed by atoms with Crippen molar-refractivity contribution in [2.24, 2.45) is 5.92 Å². The van der Waals surface area contributed by atoms with Crippen LogP contribution in [0.3, 0.4) is 0 Å². The number of benzene rings is 1. The summed E-state index contributed by atoms with van der Waals surface area (Å²) < 4.78 is 14.5. The Morgan fingerprint density at radius 1 is 1.18 bits per heavy atom. The van der Waals surface area contributed by atoms with E-state index in [0.29, 0.717) is 30.1 Å². The summed E-state index contributed by atoms with van der Waals surface area (Å²) in [6.45, 7) is 1.51. The Balaban J connectivity index is 1.28. The lowest BCUT2D eigenvalue weighted by Gasteiger charge is -2.43. The van der Waals surface area contributed by atoms with Gasteiger partial charge in [0.15, 0.2) is 0 Å². The van der Waals surface area contributed by atoms with E-state index in [2.05, 4.69) is 15.2 Å². The van der Waals surface area contributed by atoms with Crippen molar-refractivity contribution in [1.82, 2.24) is 15.2 Å². The monoisotopic (exact) mass is 383 g/mol. The lowest BCUT2D eigenvalue weighted by molar-refractivity contribution is -0.139. The number of carbonyl (C=O) groups is 1. The van der Waals surface area contributed by atoms with Gasteiger partial charge in [-0.05, 0) is 60.9 Å². The zero-order valence-corrected chi connectivity index (χ0v) is 15.9. The first-order valence-electron chi connectivity index (χ1n) is 9.96. The Morgan fingerprint density at radius 2 is 1.93 bits per heavy atom. The second kappa shape index (κ2) is 8.37. The van der Waals surface area contributed by atoms with Crippen LogP contribution in [0.4, 0.5) is 4.39 Å². The van der Waals surface area contributed by atoms with Crippen LogP contribution in [0.5, 0.6) is 0 Å². The molecule has 4 rings (SSSR count). The number of nitrogens with one attached hydrogen (secondary N) is 1. The molecule has 0 atom stereocenters. The molecule has 0 amide bonds. The van der Waals surface area contributed by atoms with Crippen molar-refractivity contribution in [2.45, 2.75) is 44.3 Å². The van der Waals surface area contributed by atoms with Crippen molar-refractivity contribution in [3.63, 3.8) is 0 Å². The van der Waals surface area contributed by atoms with E-state index in [1.54, 1.807) is 18.5 Å². The molecule has 0 unspecified atom stereocenters. The molecule has 1 aromatic heterocycles. The van der Waals surface area contributed by atoms with Gasteiger partial charge in [-0.15, -0.1) is 0 Å². The molecular weight excluding hydrogens is 357 g/mol. The molecule has 5 nitrogen and oxygen atoms in total. The number of rotatable bonds is 9. The number of hydrogen-bond donors (Lipinski definition) is 2. The van der Waals surface area contributed by atoms with Crippen LogP contribution < -0.4 is 5.32 Å². The molecule has 2 saturated carbocycles. The molecule has 2 fully saturated rings. The highest BCUT2D eigenvalue weighted by Crippen LogP contribution is 2.34. The van der Waals surface area contributed by atoms with Crippen LogP contribution in [0.1, 0.15) is 31.2 Å². The molecule has 0 radical (unpaired) electrons. The molecule has 0 bridgehead atoms. The summed E-state index contributed by atoms with van der Waals surface area (Å²) in [5, 5.41) is 12.6. The molecule has 2 aliphatic carbocycles. The quantitative estimate of drug-likeness (QED) is 0.696. The average Bonchev–Trinajstić information content (AvgIpc) is 3.45. The average molecular weight is 383 g/mol. The highest BCUT2D eigenvalue weighted by molar-refractivity contribution is 5.69. The first-order valence-corrected chi connectivity index (χ1v) is 9.96. The van der Waals surface area contributed by atoms with Crippen molar-refractivity contribution in [3.8, 4) is 11.1 Å². The Labute approximate surface area is 164 Å². The topological polar surface area (TPSA) is 65.5 Å². The van der Waals surface area contributed by atoms with E-state index in [1.807, 2.05) is 24.3 Å². The third-order valence-electron chi connectivity index (χ3n) is 5.81. The maximum Gasteiger partial charge on any atom is 0.317 e. The Kier molecular flexibility index (Phi) is 5.69. The summed E-state index contributed by atoms with van der Waals surface area (Å²) in [5.74, 6) is -0.285. The molecule has 6 heteroatoms. The van der Waals surface area contributed by atoms with E-state index in [0.717, 1.165) is 30.5 Å². The molecule has 148 valence electrons. The first-order chi connectivity index (χ1) is 13.6. The number of pyridine rings is 1. The minimum absolute atomic E-state index is 0.124. The highest BCUT2D eigenvalue weighted by atomic mass is 19.1. The summed E-state index contributed by atoms with van der Waals surface area (Å²) in [7, 11) is 0. The van der Waals surface area contributed by atoms with E-state index >= 15 is 0 Å².